The maximum absolute atomic E-state index is 3.50. The van der Waals surface area contributed by atoms with E-state index in [-0.39, 0.29) is 3.23 Å². The predicted molar refractivity (Wildman–Crippen MR) is 45.8 cm³/mol. The molecule has 0 unspecified atom stereocenters. The highest BCUT2D eigenvalue weighted by Crippen LogP contribution is 2.30. The van der Waals surface area contributed by atoms with Gasteiger partial charge in [0.1, 0.15) is 0 Å². The van der Waals surface area contributed by atoms with Crippen molar-refractivity contribution in [2.75, 3.05) is 0 Å². The molecule has 0 N–H and O–H groups in total. The Hall–Kier alpha value is 0.960. The summed E-state index contributed by atoms with van der Waals surface area (Å²) in [5.41, 5.74) is 0. The van der Waals surface area contributed by atoms with Gasteiger partial charge < -0.3 is 0 Å². The van der Waals surface area contributed by atoms with Crippen molar-refractivity contribution in [3.05, 3.63) is 0 Å². The van der Waals surface area contributed by atoms with Gasteiger partial charge in [-0.05, 0) is 13.3 Å². The standard InChI is InChI=1S/C6H12Br2/c1-3-4-5-6(2,7)8/h3-5H2,1-2H3. The van der Waals surface area contributed by atoms with Crippen LogP contribution in [0.3, 0.4) is 0 Å². The fourth-order valence-corrected chi connectivity index (χ4v) is 1.05. The van der Waals surface area contributed by atoms with E-state index < -0.39 is 0 Å². The second-order valence-electron chi connectivity index (χ2n) is 2.17. The Labute approximate surface area is 68.3 Å². The van der Waals surface area contributed by atoms with Crippen molar-refractivity contribution in [2.24, 2.45) is 0 Å². The molecule has 50 valence electrons. The molecule has 0 nitrogen and oxygen atoms in total. The number of rotatable bonds is 3. The van der Waals surface area contributed by atoms with E-state index in [1.54, 1.807) is 0 Å². The molecule has 0 bridgehead atoms. The van der Waals surface area contributed by atoms with Crippen molar-refractivity contribution < 1.29 is 0 Å². The van der Waals surface area contributed by atoms with Crippen molar-refractivity contribution in [1.29, 1.82) is 0 Å². The van der Waals surface area contributed by atoms with E-state index in [1.807, 2.05) is 0 Å². The number of hydrogen-bond acceptors (Lipinski definition) is 0. The molecule has 0 amide bonds. The van der Waals surface area contributed by atoms with Crippen LogP contribution in [0.1, 0.15) is 33.1 Å². The largest absolute Gasteiger partial charge is 0.0777 e. The van der Waals surface area contributed by atoms with Gasteiger partial charge in [0.15, 0.2) is 0 Å². The van der Waals surface area contributed by atoms with Crippen LogP contribution < -0.4 is 0 Å². The fourth-order valence-electron chi connectivity index (χ4n) is 0.487. The zero-order chi connectivity index (χ0) is 6.62. The molecule has 0 fully saturated rings. The highest BCUT2D eigenvalue weighted by molar-refractivity contribution is 9.25. The monoisotopic (exact) mass is 242 g/mol. The van der Waals surface area contributed by atoms with Crippen LogP contribution in [-0.2, 0) is 0 Å². The summed E-state index contributed by atoms with van der Waals surface area (Å²) in [6.45, 7) is 4.33. The Kier molecular flexibility index (Phi) is 4.35. The molecule has 0 aliphatic heterocycles. The van der Waals surface area contributed by atoms with Gasteiger partial charge in [0.05, 0.1) is 3.23 Å². The van der Waals surface area contributed by atoms with E-state index in [2.05, 4.69) is 45.7 Å². The second-order valence-corrected chi connectivity index (χ2v) is 6.74. The van der Waals surface area contributed by atoms with Gasteiger partial charge in [-0.15, -0.1) is 0 Å². The third-order valence-electron chi connectivity index (χ3n) is 0.969. The van der Waals surface area contributed by atoms with Gasteiger partial charge >= 0.3 is 0 Å². The number of alkyl halides is 2. The summed E-state index contributed by atoms with van der Waals surface area (Å²) in [7, 11) is 0. The number of hydrogen-bond donors (Lipinski definition) is 0. The molecule has 0 atom stereocenters. The summed E-state index contributed by atoms with van der Waals surface area (Å²) in [5.74, 6) is 0. The lowest BCUT2D eigenvalue weighted by Crippen LogP contribution is -2.02. The average molecular weight is 244 g/mol. The summed E-state index contributed by atoms with van der Waals surface area (Å²) >= 11 is 6.99. The second kappa shape index (κ2) is 3.89. The van der Waals surface area contributed by atoms with Crippen molar-refractivity contribution in [3.63, 3.8) is 0 Å². The minimum absolute atomic E-state index is 0.177. The molecular formula is C6H12Br2. The lowest BCUT2D eigenvalue weighted by atomic mass is 10.2. The van der Waals surface area contributed by atoms with Crippen LogP contribution in [-0.4, -0.2) is 3.23 Å². The summed E-state index contributed by atoms with van der Waals surface area (Å²) in [6.07, 6.45) is 3.75. The fraction of sp³-hybridized carbons (Fsp3) is 1.00. The van der Waals surface area contributed by atoms with E-state index in [0.717, 1.165) is 0 Å². The smallest absolute Gasteiger partial charge is 0.0730 e. The molecule has 0 rings (SSSR count). The molecule has 0 spiro atoms. The van der Waals surface area contributed by atoms with E-state index in [1.165, 1.54) is 19.3 Å². The number of unbranched alkanes of at least 4 members (excludes halogenated alkanes) is 1. The van der Waals surface area contributed by atoms with E-state index in [0.29, 0.717) is 0 Å². The first-order chi connectivity index (χ1) is 3.56. The predicted octanol–water partition coefficient (Wildman–Crippen LogP) is 3.68. The highest BCUT2D eigenvalue weighted by atomic mass is 79.9. The molecule has 0 aliphatic rings. The van der Waals surface area contributed by atoms with Crippen molar-refractivity contribution in [3.8, 4) is 0 Å². The van der Waals surface area contributed by atoms with Crippen LogP contribution in [0.25, 0.3) is 0 Å². The molecule has 0 aromatic heterocycles. The quantitative estimate of drug-likeness (QED) is 0.664. The Bertz CT molecular complexity index is 54.0. The van der Waals surface area contributed by atoms with Gasteiger partial charge in [-0.1, -0.05) is 51.6 Å². The topological polar surface area (TPSA) is 0 Å². The van der Waals surface area contributed by atoms with Gasteiger partial charge in [0.25, 0.3) is 0 Å². The Morgan fingerprint density at radius 2 is 1.88 bits per heavy atom. The third kappa shape index (κ3) is 6.96. The average Bonchev–Trinajstić information content (AvgIpc) is 1.59. The molecule has 0 radical (unpaired) electrons. The molecular weight excluding hydrogens is 232 g/mol. The van der Waals surface area contributed by atoms with E-state index in [4.69, 9.17) is 0 Å². The van der Waals surface area contributed by atoms with Crippen LogP contribution in [0.5, 0.6) is 0 Å². The molecule has 0 aromatic rings. The van der Waals surface area contributed by atoms with E-state index >= 15 is 0 Å². The van der Waals surface area contributed by atoms with Gasteiger partial charge in [-0.2, -0.15) is 0 Å². The van der Waals surface area contributed by atoms with Crippen LogP contribution in [0.4, 0.5) is 0 Å². The Morgan fingerprint density at radius 1 is 1.38 bits per heavy atom. The Balaban J connectivity index is 3.11. The van der Waals surface area contributed by atoms with Gasteiger partial charge in [0.2, 0.25) is 0 Å². The molecule has 0 aromatic carbocycles. The molecule has 2 heteroatoms. The SMILES string of the molecule is CCCCC(C)(Br)Br. The minimum atomic E-state index is 0.177. The van der Waals surface area contributed by atoms with Crippen LogP contribution in [0.2, 0.25) is 0 Å². The lowest BCUT2D eigenvalue weighted by molar-refractivity contribution is 0.699. The maximum Gasteiger partial charge on any atom is 0.0777 e. The zero-order valence-electron chi connectivity index (χ0n) is 5.38. The first-order valence-electron chi connectivity index (χ1n) is 2.94. The van der Waals surface area contributed by atoms with Crippen molar-refractivity contribution >= 4 is 31.9 Å². The molecule has 0 saturated heterocycles. The zero-order valence-corrected chi connectivity index (χ0v) is 8.55. The summed E-state index contributed by atoms with van der Waals surface area (Å²) in [4.78, 5) is 0. The summed E-state index contributed by atoms with van der Waals surface area (Å²) in [6, 6.07) is 0. The lowest BCUT2D eigenvalue weighted by Gasteiger charge is -2.11. The number of halogens is 2. The Morgan fingerprint density at radius 3 is 2.00 bits per heavy atom. The van der Waals surface area contributed by atoms with Crippen LogP contribution in [0.15, 0.2) is 0 Å². The van der Waals surface area contributed by atoms with Gasteiger partial charge in [-0.25, -0.2) is 0 Å². The summed E-state index contributed by atoms with van der Waals surface area (Å²) < 4.78 is 0.177. The molecule has 0 aliphatic carbocycles. The van der Waals surface area contributed by atoms with Crippen LogP contribution in [0, 0.1) is 0 Å². The first kappa shape index (κ1) is 8.96. The molecule has 8 heavy (non-hydrogen) atoms. The van der Waals surface area contributed by atoms with E-state index in [9.17, 15) is 0 Å². The van der Waals surface area contributed by atoms with Crippen molar-refractivity contribution in [1.82, 2.24) is 0 Å². The highest BCUT2D eigenvalue weighted by Gasteiger charge is 2.12. The summed E-state index contributed by atoms with van der Waals surface area (Å²) in [5, 5.41) is 0. The third-order valence-corrected chi connectivity index (χ3v) is 1.76. The van der Waals surface area contributed by atoms with Gasteiger partial charge in [-0.3, -0.25) is 0 Å². The normalized spacial score (nSPS) is 12.0. The minimum Gasteiger partial charge on any atom is -0.0730 e. The van der Waals surface area contributed by atoms with Crippen LogP contribution >= 0.6 is 31.9 Å². The first-order valence-corrected chi connectivity index (χ1v) is 4.52. The van der Waals surface area contributed by atoms with Crippen molar-refractivity contribution in [2.45, 2.75) is 36.3 Å². The molecule has 0 saturated carbocycles. The molecule has 0 heterocycles. The van der Waals surface area contributed by atoms with Gasteiger partial charge in [0, 0.05) is 0 Å². The maximum atomic E-state index is 3.50.